The number of carbonyl (C=O) groups is 4. The van der Waals surface area contributed by atoms with Gasteiger partial charge in [-0.2, -0.15) is 0 Å². The molecule has 2 aromatic heterocycles. The van der Waals surface area contributed by atoms with Crippen LogP contribution in [0.5, 0.6) is 11.5 Å². The van der Waals surface area contributed by atoms with Crippen LogP contribution in [0.4, 0.5) is 9.59 Å². The normalized spacial score (nSPS) is 19.4. The van der Waals surface area contributed by atoms with Crippen LogP contribution in [0.25, 0.3) is 22.5 Å². The van der Waals surface area contributed by atoms with Gasteiger partial charge in [0.15, 0.2) is 0 Å². The molecule has 316 valence electrons. The Labute approximate surface area is 348 Å². The minimum Gasteiger partial charge on any atom is -0.457 e. The Bertz CT molecular complexity index is 2150. The van der Waals surface area contributed by atoms with Gasteiger partial charge in [0.05, 0.1) is 66.2 Å². The van der Waals surface area contributed by atoms with Crippen LogP contribution in [0.15, 0.2) is 60.9 Å². The van der Waals surface area contributed by atoms with Crippen molar-refractivity contribution in [2.75, 3.05) is 26.6 Å². The summed E-state index contributed by atoms with van der Waals surface area (Å²) in [7, 11) is -0.946. The number of aromatic nitrogens is 4. The van der Waals surface area contributed by atoms with Crippen molar-refractivity contribution in [2.24, 2.45) is 11.8 Å². The fraction of sp³-hybridized carbons (Fsp3) is 0.476. The van der Waals surface area contributed by atoms with Crippen LogP contribution in [0, 0.1) is 11.8 Å². The van der Waals surface area contributed by atoms with Crippen LogP contribution >= 0.6 is 0 Å². The van der Waals surface area contributed by atoms with E-state index in [1.165, 1.54) is 14.2 Å². The molecule has 6 rings (SSSR count). The molecule has 4 amide bonds. The average molecular weight is 843 g/mol. The van der Waals surface area contributed by atoms with Gasteiger partial charge in [-0.25, -0.2) is 19.6 Å². The summed E-state index contributed by atoms with van der Waals surface area (Å²) in [6.07, 6.45) is 3.66. The molecule has 4 atom stereocenters. The highest BCUT2D eigenvalue weighted by molar-refractivity contribution is 6.79. The summed E-state index contributed by atoms with van der Waals surface area (Å²) < 4.78 is 15.9. The van der Waals surface area contributed by atoms with E-state index in [0.29, 0.717) is 29.7 Å². The number of amides is 4. The number of imidazole rings is 2. The van der Waals surface area contributed by atoms with Crippen molar-refractivity contribution in [3.63, 3.8) is 0 Å². The lowest BCUT2D eigenvalue weighted by molar-refractivity contribution is -0.135. The molecule has 17 heteroatoms. The number of nitrogens with one attached hydrogen (secondary N) is 4. The van der Waals surface area contributed by atoms with Gasteiger partial charge < -0.3 is 44.6 Å². The van der Waals surface area contributed by atoms with Crippen LogP contribution in [0.2, 0.25) is 38.3 Å². The van der Waals surface area contributed by atoms with E-state index in [2.05, 4.69) is 46.8 Å². The number of H-pyrrole nitrogens is 2. The Morgan fingerprint density at radius 3 is 1.58 bits per heavy atom. The summed E-state index contributed by atoms with van der Waals surface area (Å²) in [6, 6.07) is 15.3. The van der Waals surface area contributed by atoms with Crippen molar-refractivity contribution in [3.8, 4) is 34.0 Å². The van der Waals surface area contributed by atoms with E-state index in [-0.39, 0.29) is 35.7 Å². The van der Waals surface area contributed by atoms with Crippen molar-refractivity contribution in [2.45, 2.75) is 90.1 Å². The number of hydrogen-bond donors (Lipinski definition) is 4. The van der Waals surface area contributed by atoms with Crippen molar-refractivity contribution in [1.82, 2.24) is 40.4 Å². The Morgan fingerprint density at radius 1 is 0.678 bits per heavy atom. The molecule has 0 unspecified atom stereocenters. The monoisotopic (exact) mass is 842 g/mol. The van der Waals surface area contributed by atoms with Crippen LogP contribution in [0.1, 0.15) is 51.4 Å². The molecule has 2 fully saturated rings. The van der Waals surface area contributed by atoms with E-state index in [1.54, 1.807) is 12.4 Å². The Balaban J connectivity index is 1.14. The number of nitrogens with zero attached hydrogens (tertiary/aromatic N) is 4. The molecular formula is C42H58N8O7Si2. The maximum atomic E-state index is 13.9. The van der Waals surface area contributed by atoms with Crippen LogP contribution < -0.4 is 15.4 Å². The first-order chi connectivity index (χ1) is 27.9. The highest BCUT2D eigenvalue weighted by atomic mass is 28.3. The van der Waals surface area contributed by atoms with Gasteiger partial charge in [0, 0.05) is 17.9 Å². The Kier molecular flexibility index (Phi) is 12.7. The zero-order valence-electron chi connectivity index (χ0n) is 35.7. The number of aromatic amines is 2. The SMILES string of the molecule is COC(=O)N[C@H](C(=O)N1C[Si](C)(C)C[C@H]1c1ncc(-c2ccc(Oc3cccc(-c4cnc([C@@H]5C[Si](C)(C)CN5C(=O)[C@@H](NC(=O)OC)C(C)C)[nH]4)c3)cc2)[nH]1)C(C)C. The molecule has 0 saturated carbocycles. The topological polar surface area (TPSA) is 184 Å². The van der Waals surface area contributed by atoms with Crippen LogP contribution in [-0.2, 0) is 19.1 Å². The molecule has 4 heterocycles. The molecule has 0 spiro atoms. The third-order valence-electron chi connectivity index (χ3n) is 11.2. The van der Waals surface area contributed by atoms with Gasteiger partial charge in [-0.15, -0.1) is 0 Å². The highest BCUT2D eigenvalue weighted by Gasteiger charge is 2.47. The number of methoxy groups -OCH3 is 2. The van der Waals surface area contributed by atoms with Gasteiger partial charge >= 0.3 is 12.2 Å². The van der Waals surface area contributed by atoms with E-state index in [0.717, 1.165) is 40.4 Å². The number of ether oxygens (including phenoxy) is 3. The van der Waals surface area contributed by atoms with E-state index < -0.39 is 40.4 Å². The van der Waals surface area contributed by atoms with Gasteiger partial charge in [-0.3, -0.25) is 9.59 Å². The van der Waals surface area contributed by atoms with Crippen LogP contribution in [-0.4, -0.2) is 109 Å². The molecule has 0 radical (unpaired) electrons. The van der Waals surface area contributed by atoms with Crippen molar-refractivity contribution >= 4 is 40.1 Å². The second kappa shape index (κ2) is 17.4. The standard InChI is InChI=1S/C42H58N8O7Si2/c1-25(2)35(47-41(53)55-5)39(51)49-23-58(7,8)21-33(49)37-43-19-31(45-37)27-14-16-29(17-15-27)57-30-13-11-12-28(18-30)32-20-44-38(46-32)34-22-59(9,10)24-50(34)40(52)36(26(3)4)48-42(54)56-6/h11-20,25-26,33-36H,21-24H2,1-10H3,(H,43,45)(H,44,46)(H,47,53)(H,48,54)/t33-,34-,35-,36-/m0/s1. The first-order valence-corrected chi connectivity index (χ1v) is 27.0. The fourth-order valence-electron chi connectivity index (χ4n) is 8.12. The summed E-state index contributed by atoms with van der Waals surface area (Å²) in [5.41, 5.74) is 3.43. The minimum absolute atomic E-state index is 0.120. The first kappa shape index (κ1) is 43.2. The molecule has 15 nitrogen and oxygen atoms in total. The van der Waals surface area contributed by atoms with Gasteiger partial charge in [0.1, 0.15) is 35.2 Å². The summed E-state index contributed by atoms with van der Waals surface area (Å²) >= 11 is 0. The fourth-order valence-corrected chi connectivity index (χ4v) is 13.9. The van der Waals surface area contributed by atoms with Crippen molar-refractivity contribution in [3.05, 3.63) is 72.6 Å². The smallest absolute Gasteiger partial charge is 0.407 e. The number of rotatable bonds is 12. The average Bonchev–Trinajstić information content (AvgIpc) is 4.00. The van der Waals surface area contributed by atoms with E-state index >= 15 is 0 Å². The zero-order valence-corrected chi connectivity index (χ0v) is 37.7. The maximum Gasteiger partial charge on any atom is 0.407 e. The summed E-state index contributed by atoms with van der Waals surface area (Å²) in [5, 5.41) is 5.46. The molecular weight excluding hydrogens is 785 g/mol. The molecule has 0 bridgehead atoms. The number of hydrogen-bond acceptors (Lipinski definition) is 9. The predicted octanol–water partition coefficient (Wildman–Crippen LogP) is 7.28. The quantitative estimate of drug-likeness (QED) is 0.107. The third-order valence-corrected chi connectivity index (χ3v) is 16.5. The molecule has 2 saturated heterocycles. The van der Waals surface area contributed by atoms with E-state index in [4.69, 9.17) is 24.2 Å². The molecule has 59 heavy (non-hydrogen) atoms. The summed E-state index contributed by atoms with van der Waals surface area (Å²) in [6.45, 7) is 16.7. The van der Waals surface area contributed by atoms with E-state index in [9.17, 15) is 19.2 Å². The van der Waals surface area contributed by atoms with Gasteiger partial charge in [-0.05, 0) is 65.9 Å². The first-order valence-electron chi connectivity index (χ1n) is 20.2. The second-order valence-electron chi connectivity index (χ2n) is 17.9. The number of alkyl carbamates (subject to hydrolysis) is 2. The molecule has 2 aliphatic rings. The largest absolute Gasteiger partial charge is 0.457 e. The molecule has 0 aliphatic carbocycles. The molecule has 4 aromatic rings. The summed E-state index contributed by atoms with van der Waals surface area (Å²) in [5.74, 6) is 2.23. The van der Waals surface area contributed by atoms with Crippen molar-refractivity contribution < 1.29 is 33.4 Å². The van der Waals surface area contributed by atoms with Crippen LogP contribution in [0.3, 0.4) is 0 Å². The highest BCUT2D eigenvalue weighted by Crippen LogP contribution is 2.40. The second-order valence-corrected chi connectivity index (χ2v) is 28.0. The maximum absolute atomic E-state index is 13.9. The zero-order chi connectivity index (χ0) is 42.8. The molecule has 2 aliphatic heterocycles. The molecule has 4 N–H and O–H groups in total. The summed E-state index contributed by atoms with van der Waals surface area (Å²) in [4.78, 5) is 72.1. The Hall–Kier alpha value is -5.43. The number of carbonyl (C=O) groups excluding carboxylic acids is 4. The van der Waals surface area contributed by atoms with E-state index in [1.807, 2.05) is 86.0 Å². The molecule has 2 aromatic carbocycles. The van der Waals surface area contributed by atoms with Gasteiger partial charge in [-0.1, -0.05) is 66.0 Å². The van der Waals surface area contributed by atoms with Gasteiger partial charge in [0.25, 0.3) is 0 Å². The minimum atomic E-state index is -1.77. The lowest BCUT2D eigenvalue weighted by atomic mass is 10.0. The third kappa shape index (κ3) is 9.90. The Morgan fingerprint density at radius 2 is 1.14 bits per heavy atom. The lowest BCUT2D eigenvalue weighted by Gasteiger charge is -2.30. The lowest BCUT2D eigenvalue weighted by Crippen LogP contribution is -2.52. The predicted molar refractivity (Wildman–Crippen MR) is 230 cm³/mol. The van der Waals surface area contributed by atoms with Crippen molar-refractivity contribution in [1.29, 1.82) is 0 Å². The van der Waals surface area contributed by atoms with Gasteiger partial charge in [0.2, 0.25) is 11.8 Å². The number of benzene rings is 2.